The second-order valence-electron chi connectivity index (χ2n) is 29.2. The van der Waals surface area contributed by atoms with Crippen molar-refractivity contribution in [1.29, 1.82) is 0 Å². The first-order valence-electron chi connectivity index (χ1n) is 37.1. The summed E-state index contributed by atoms with van der Waals surface area (Å²) < 4.78 is 78.3. The second-order valence-corrected chi connectivity index (χ2v) is 36.6. The van der Waals surface area contributed by atoms with Crippen molar-refractivity contribution in [2.24, 2.45) is 17.8 Å². The Morgan fingerprint density at radius 1 is 0.427 bits per heavy atom. The number of aliphatic hydroxyl groups excluding tert-OH is 1. The van der Waals surface area contributed by atoms with Gasteiger partial charge >= 0.3 is 0 Å². The monoisotopic (exact) mass is 1630 g/mol. The zero-order valence-corrected chi connectivity index (χ0v) is 67.4. The summed E-state index contributed by atoms with van der Waals surface area (Å²) in [7, 11) is -6.76. The van der Waals surface area contributed by atoms with Crippen LogP contribution in [0.1, 0.15) is 121 Å². The molecule has 0 spiro atoms. The standard InChI is InChI=1S/C26H34ClN5O4S.C26H33ClN4O5S.C25H31ClN4O5S/c1-30-9-4-10-31(14-13-30)24(33)15-19-7-11-32(12-8-19)25-23(17-22(18-28-25)37(2,35)36)29-26(34)20-5-3-6-21(27)16-20;1-36-21-8-12-30(13-9-21)24(32)14-18-6-10-31(11-7-18)25-23(16-22(17-28-25)37(2,34)35)29-26(33)19-4-3-5-20(27)15-19;1-36(34,35)21-15-22(28-25(33)18-3-2-4-19(26)14-18)24(27-16-21)30-9-5-17(6-10-30)13-23(32)29-11-7-20(31)8-12-29/h3,5-6,16-19H,4,7-15H2,1-2H3,(H,29,34);3-5,15-18,21H,6-14H2,1-2H3,(H,29,33);2-4,14-17,20,31H,5-13H2,1H3,(H,28,33). The normalized spacial score (nSPS) is 17.8. The number of nitrogens with one attached hydrogen (secondary N) is 3. The molecular formula is C77H98Cl3N13O14S3. The number of aromatic nitrogens is 3. The van der Waals surface area contributed by atoms with E-state index in [4.69, 9.17) is 39.5 Å². The number of likely N-dealkylation sites (N-methyl/N-ethyl adjacent to an activating group) is 1. The van der Waals surface area contributed by atoms with Crippen molar-refractivity contribution in [3.63, 3.8) is 0 Å². The molecule has 110 heavy (non-hydrogen) atoms. The van der Waals surface area contributed by atoms with Crippen molar-refractivity contribution in [2.45, 2.75) is 117 Å². The molecule has 594 valence electrons. The Labute approximate surface area is 659 Å². The van der Waals surface area contributed by atoms with E-state index in [2.05, 4.69) is 42.8 Å². The Kier molecular flexibility index (Phi) is 29.5. The van der Waals surface area contributed by atoms with Crippen LogP contribution in [0.2, 0.25) is 15.1 Å². The lowest BCUT2D eigenvalue weighted by Crippen LogP contribution is -2.42. The highest BCUT2D eigenvalue weighted by Gasteiger charge is 2.33. The molecule has 3 aromatic carbocycles. The van der Waals surface area contributed by atoms with Crippen molar-refractivity contribution in [2.75, 3.05) is 155 Å². The van der Waals surface area contributed by atoms with Crippen LogP contribution in [0, 0.1) is 17.8 Å². The number of benzene rings is 3. The SMILES string of the molecule is CN1CCCN(C(=O)CC2CCN(c3ncc(S(C)(=O)=O)cc3NC(=O)c3cccc(Cl)c3)CC2)CC1.COC1CCN(C(=O)CC2CCN(c3ncc(S(C)(=O)=O)cc3NC(=O)c3cccc(Cl)c3)CC2)CC1.CS(=O)(=O)c1cnc(N2CCC(CC(=O)N3CCC(O)CC3)CC2)c(NC(=O)c2cccc(Cl)c2)c1. The molecule has 27 nitrogen and oxygen atoms in total. The minimum Gasteiger partial charge on any atom is -0.393 e. The number of hydrogen-bond donors (Lipinski definition) is 4. The topological polar surface area (TPSA) is 332 Å². The lowest BCUT2D eigenvalue weighted by molar-refractivity contribution is -0.135. The fraction of sp³-hybridized carbons (Fsp3) is 0.494. The van der Waals surface area contributed by atoms with Crippen LogP contribution < -0.4 is 30.7 Å². The van der Waals surface area contributed by atoms with Gasteiger partial charge in [-0.1, -0.05) is 53.0 Å². The average molecular weight is 1630 g/mol. The van der Waals surface area contributed by atoms with Gasteiger partial charge in [0.1, 0.15) is 0 Å². The van der Waals surface area contributed by atoms with Crippen LogP contribution in [-0.2, 0) is 48.6 Å². The van der Waals surface area contributed by atoms with E-state index in [0.29, 0.717) is 151 Å². The van der Waals surface area contributed by atoms with Gasteiger partial charge in [-0.3, -0.25) is 28.8 Å². The number of amides is 6. The first kappa shape index (κ1) is 84.4. The van der Waals surface area contributed by atoms with Gasteiger partial charge < -0.3 is 60.1 Å². The van der Waals surface area contributed by atoms with Gasteiger partial charge in [0.2, 0.25) is 17.7 Å². The molecule has 0 bridgehead atoms. The number of hydrogen-bond acceptors (Lipinski definition) is 21. The molecule has 0 saturated carbocycles. The third-order valence-electron chi connectivity index (χ3n) is 21.0. The van der Waals surface area contributed by atoms with Crippen LogP contribution in [0.4, 0.5) is 34.5 Å². The second kappa shape index (κ2) is 38.4. The summed E-state index contributed by atoms with van der Waals surface area (Å²) in [5.41, 5.74) is 2.03. The van der Waals surface area contributed by atoms with Gasteiger partial charge in [0, 0.05) is 181 Å². The number of rotatable bonds is 19. The maximum Gasteiger partial charge on any atom is 0.255 e. The van der Waals surface area contributed by atoms with E-state index in [0.717, 1.165) is 116 Å². The first-order valence-corrected chi connectivity index (χ1v) is 43.9. The number of sulfone groups is 3. The summed E-state index contributed by atoms with van der Waals surface area (Å²) >= 11 is 18.1. The van der Waals surface area contributed by atoms with Gasteiger partial charge in [-0.2, -0.15) is 0 Å². The number of carbonyl (C=O) groups is 6. The minimum absolute atomic E-state index is 0.0137. The summed E-state index contributed by atoms with van der Waals surface area (Å²) in [5.74, 6) is 1.62. The summed E-state index contributed by atoms with van der Waals surface area (Å²) in [5, 5.41) is 19.4. The number of pyridine rings is 3. The average Bonchev–Trinajstić information content (AvgIpc) is 0.839. The predicted octanol–water partition coefficient (Wildman–Crippen LogP) is 9.78. The molecule has 9 heterocycles. The zero-order chi connectivity index (χ0) is 79.0. The van der Waals surface area contributed by atoms with Crippen LogP contribution in [0.3, 0.4) is 0 Å². The molecule has 0 aliphatic carbocycles. The molecule has 33 heteroatoms. The highest BCUT2D eigenvalue weighted by molar-refractivity contribution is 7.91. The van der Waals surface area contributed by atoms with E-state index >= 15 is 0 Å². The fourth-order valence-corrected chi connectivity index (χ4v) is 16.7. The number of aliphatic hydroxyl groups is 1. The molecule has 6 fully saturated rings. The lowest BCUT2D eigenvalue weighted by atomic mass is 9.92. The maximum atomic E-state index is 12.9. The molecule has 0 radical (unpaired) electrons. The predicted molar refractivity (Wildman–Crippen MR) is 426 cm³/mol. The molecule has 6 saturated heterocycles. The largest absolute Gasteiger partial charge is 0.393 e. The molecule has 0 atom stereocenters. The molecule has 6 aliphatic rings. The van der Waals surface area contributed by atoms with Crippen molar-refractivity contribution in [1.82, 2.24) is 34.6 Å². The third kappa shape index (κ3) is 24.0. The smallest absolute Gasteiger partial charge is 0.255 e. The molecule has 3 aromatic heterocycles. The number of carbonyl (C=O) groups excluding carboxylic acids is 6. The van der Waals surface area contributed by atoms with Gasteiger partial charge in [-0.05, 0) is 175 Å². The maximum absolute atomic E-state index is 12.9. The van der Waals surface area contributed by atoms with Gasteiger partial charge in [-0.15, -0.1) is 0 Å². The van der Waals surface area contributed by atoms with E-state index in [9.17, 15) is 59.1 Å². The Bertz CT molecular complexity index is 4620. The van der Waals surface area contributed by atoms with Gasteiger partial charge in [0.15, 0.2) is 47.0 Å². The van der Waals surface area contributed by atoms with E-state index in [1.165, 1.54) is 42.9 Å². The molecule has 12 rings (SSSR count). The van der Waals surface area contributed by atoms with Crippen molar-refractivity contribution in [3.8, 4) is 0 Å². The minimum atomic E-state index is -3.53. The van der Waals surface area contributed by atoms with Crippen LogP contribution in [0.25, 0.3) is 0 Å². The van der Waals surface area contributed by atoms with Crippen LogP contribution >= 0.6 is 34.8 Å². The molecule has 6 aliphatic heterocycles. The third-order valence-corrected chi connectivity index (χ3v) is 24.9. The number of piperidine rings is 5. The Morgan fingerprint density at radius 2 is 0.736 bits per heavy atom. The summed E-state index contributed by atoms with van der Waals surface area (Å²) in [6.07, 6.45) is 17.5. The molecular weight excluding hydrogens is 1530 g/mol. The Morgan fingerprint density at radius 3 is 1.04 bits per heavy atom. The van der Waals surface area contributed by atoms with Crippen molar-refractivity contribution >= 4 is 134 Å². The van der Waals surface area contributed by atoms with Crippen molar-refractivity contribution in [3.05, 3.63) is 141 Å². The summed E-state index contributed by atoms with van der Waals surface area (Å²) in [6, 6.07) is 23.9. The number of methoxy groups -OCH3 is 1. The quantitative estimate of drug-likeness (QED) is 0.0586. The number of likely N-dealkylation sites (tertiary alicyclic amines) is 2. The van der Waals surface area contributed by atoms with Gasteiger partial charge in [0.05, 0.1) is 44.0 Å². The van der Waals surface area contributed by atoms with E-state index < -0.39 is 47.2 Å². The van der Waals surface area contributed by atoms with E-state index in [1.54, 1.807) is 73.8 Å². The van der Waals surface area contributed by atoms with E-state index in [1.807, 2.05) is 29.4 Å². The number of halogens is 3. The van der Waals surface area contributed by atoms with Crippen LogP contribution in [0.5, 0.6) is 0 Å². The van der Waals surface area contributed by atoms with Gasteiger partial charge in [0.25, 0.3) is 17.7 Å². The molecule has 4 N–H and O–H groups in total. The number of nitrogens with zero attached hydrogens (tertiary/aromatic N) is 10. The molecule has 6 amide bonds. The summed E-state index contributed by atoms with van der Waals surface area (Å²) in [4.78, 5) is 105. The molecule has 6 aromatic rings. The first-order chi connectivity index (χ1) is 52.3. The number of anilines is 6. The highest BCUT2D eigenvalue weighted by Crippen LogP contribution is 2.36. The van der Waals surface area contributed by atoms with E-state index in [-0.39, 0.29) is 62.4 Å². The Balaban J connectivity index is 0.000000176. The van der Waals surface area contributed by atoms with Crippen molar-refractivity contribution < 1.29 is 63.9 Å². The molecule has 0 unspecified atom stereocenters. The lowest BCUT2D eigenvalue weighted by Gasteiger charge is -2.36. The summed E-state index contributed by atoms with van der Waals surface area (Å²) in [6.45, 7) is 10.1. The van der Waals surface area contributed by atoms with Crippen LogP contribution in [0.15, 0.2) is 124 Å². The zero-order valence-electron chi connectivity index (χ0n) is 62.7. The van der Waals surface area contributed by atoms with Gasteiger partial charge in [-0.25, -0.2) is 40.2 Å². The fourth-order valence-electron chi connectivity index (χ4n) is 14.4. The number of ether oxygens (including phenoxy) is 1. The Hall–Kier alpha value is -8.07. The highest BCUT2D eigenvalue weighted by atomic mass is 35.5. The van der Waals surface area contributed by atoms with Crippen LogP contribution in [-0.4, -0.2) is 237 Å².